The maximum atomic E-state index is 12.9. The Morgan fingerprint density at radius 3 is 2.73 bits per heavy atom. The SMILES string of the molecule is COc1cccc(CN2CCN(c3cc(C(F)(F)F)ccn3)CC2C)n1. The van der Waals surface area contributed by atoms with Crippen LogP contribution in [0.15, 0.2) is 36.5 Å². The van der Waals surface area contributed by atoms with Gasteiger partial charge in [-0.25, -0.2) is 9.97 Å². The molecule has 5 nitrogen and oxygen atoms in total. The Kier molecular flexibility index (Phi) is 5.31. The number of alkyl halides is 3. The zero-order valence-corrected chi connectivity index (χ0v) is 14.7. The quantitative estimate of drug-likeness (QED) is 0.831. The molecule has 0 aromatic carbocycles. The van der Waals surface area contributed by atoms with Crippen molar-refractivity contribution in [2.75, 3.05) is 31.6 Å². The summed E-state index contributed by atoms with van der Waals surface area (Å²) in [6.07, 6.45) is -3.14. The number of methoxy groups -OCH3 is 1. The first-order chi connectivity index (χ1) is 12.4. The average Bonchev–Trinajstić information content (AvgIpc) is 2.63. The number of halogens is 3. The van der Waals surface area contributed by atoms with Crippen LogP contribution >= 0.6 is 0 Å². The van der Waals surface area contributed by atoms with E-state index in [1.54, 1.807) is 13.2 Å². The van der Waals surface area contributed by atoms with Gasteiger partial charge in [-0.05, 0) is 25.1 Å². The fourth-order valence-corrected chi connectivity index (χ4v) is 3.07. The smallest absolute Gasteiger partial charge is 0.416 e. The lowest BCUT2D eigenvalue weighted by Crippen LogP contribution is -2.51. The van der Waals surface area contributed by atoms with Gasteiger partial charge in [0.2, 0.25) is 5.88 Å². The number of ether oxygens (including phenoxy) is 1. The second-order valence-corrected chi connectivity index (χ2v) is 6.34. The standard InChI is InChI=1S/C18H21F3N4O/c1-13-11-25(16-10-14(6-7-22-16)18(19,20)21)9-8-24(13)12-15-4-3-5-17(23-15)26-2/h3-7,10,13H,8-9,11-12H2,1-2H3. The number of anilines is 1. The Hall–Kier alpha value is -2.35. The van der Waals surface area contributed by atoms with Crippen LogP contribution in [0.3, 0.4) is 0 Å². The van der Waals surface area contributed by atoms with E-state index in [4.69, 9.17) is 4.74 Å². The average molecular weight is 366 g/mol. The van der Waals surface area contributed by atoms with Gasteiger partial charge >= 0.3 is 6.18 Å². The fourth-order valence-electron chi connectivity index (χ4n) is 3.07. The van der Waals surface area contributed by atoms with Crippen LogP contribution in [0.4, 0.5) is 19.0 Å². The predicted octanol–water partition coefficient (Wildman–Crippen LogP) is 3.21. The van der Waals surface area contributed by atoms with Crippen molar-refractivity contribution in [2.45, 2.75) is 25.7 Å². The highest BCUT2D eigenvalue weighted by atomic mass is 19.4. The van der Waals surface area contributed by atoms with E-state index in [1.165, 1.54) is 6.20 Å². The van der Waals surface area contributed by atoms with Crippen molar-refractivity contribution in [3.05, 3.63) is 47.8 Å². The minimum Gasteiger partial charge on any atom is -0.481 e. The first-order valence-electron chi connectivity index (χ1n) is 8.39. The van der Waals surface area contributed by atoms with Crippen LogP contribution in [0, 0.1) is 0 Å². The Morgan fingerprint density at radius 2 is 2.04 bits per heavy atom. The van der Waals surface area contributed by atoms with Crippen molar-refractivity contribution in [1.82, 2.24) is 14.9 Å². The first-order valence-corrected chi connectivity index (χ1v) is 8.39. The normalized spacial score (nSPS) is 18.8. The van der Waals surface area contributed by atoms with E-state index in [2.05, 4.69) is 21.8 Å². The lowest BCUT2D eigenvalue weighted by atomic mass is 10.1. The third-order valence-electron chi connectivity index (χ3n) is 4.52. The van der Waals surface area contributed by atoms with E-state index in [0.717, 1.165) is 24.4 Å². The van der Waals surface area contributed by atoms with Gasteiger partial charge in [0.05, 0.1) is 18.4 Å². The van der Waals surface area contributed by atoms with Crippen LogP contribution < -0.4 is 9.64 Å². The summed E-state index contributed by atoms with van der Waals surface area (Å²) in [6, 6.07) is 7.91. The van der Waals surface area contributed by atoms with E-state index in [0.29, 0.717) is 31.3 Å². The molecule has 0 N–H and O–H groups in total. The van der Waals surface area contributed by atoms with Crippen molar-refractivity contribution >= 4 is 5.82 Å². The molecule has 1 unspecified atom stereocenters. The van der Waals surface area contributed by atoms with Crippen LogP contribution in [-0.4, -0.2) is 47.7 Å². The molecule has 0 bridgehead atoms. The Labute approximate surface area is 150 Å². The topological polar surface area (TPSA) is 41.5 Å². The molecule has 1 fully saturated rings. The summed E-state index contributed by atoms with van der Waals surface area (Å²) >= 11 is 0. The van der Waals surface area contributed by atoms with Gasteiger partial charge in [0, 0.05) is 44.5 Å². The molecule has 3 rings (SSSR count). The highest BCUT2D eigenvalue weighted by Crippen LogP contribution is 2.31. The molecule has 1 atom stereocenters. The minimum atomic E-state index is -4.36. The second kappa shape index (κ2) is 7.49. The molecule has 2 aromatic heterocycles. The number of piperazine rings is 1. The molecule has 0 radical (unpaired) electrons. The van der Waals surface area contributed by atoms with E-state index in [1.807, 2.05) is 17.0 Å². The minimum absolute atomic E-state index is 0.160. The van der Waals surface area contributed by atoms with Gasteiger partial charge in [0.25, 0.3) is 0 Å². The molecular formula is C18H21F3N4O. The Balaban J connectivity index is 1.67. The zero-order valence-electron chi connectivity index (χ0n) is 14.7. The molecule has 1 saturated heterocycles. The molecule has 0 amide bonds. The number of hydrogen-bond acceptors (Lipinski definition) is 5. The van der Waals surface area contributed by atoms with Gasteiger partial charge < -0.3 is 9.64 Å². The summed E-state index contributed by atoms with van der Waals surface area (Å²) < 4.78 is 43.9. The van der Waals surface area contributed by atoms with Crippen LogP contribution in [0.5, 0.6) is 5.88 Å². The molecule has 2 aromatic rings. The van der Waals surface area contributed by atoms with Gasteiger partial charge in [0.15, 0.2) is 0 Å². The summed E-state index contributed by atoms with van der Waals surface area (Å²) in [5.41, 5.74) is 0.236. The molecule has 26 heavy (non-hydrogen) atoms. The van der Waals surface area contributed by atoms with Crippen molar-refractivity contribution < 1.29 is 17.9 Å². The molecule has 0 aliphatic carbocycles. The summed E-state index contributed by atoms with van der Waals surface area (Å²) in [4.78, 5) is 12.7. The lowest BCUT2D eigenvalue weighted by Gasteiger charge is -2.40. The number of aromatic nitrogens is 2. The Morgan fingerprint density at radius 1 is 1.23 bits per heavy atom. The number of rotatable bonds is 4. The summed E-state index contributed by atoms with van der Waals surface area (Å²) in [7, 11) is 1.58. The molecule has 8 heteroatoms. The highest BCUT2D eigenvalue weighted by Gasteiger charge is 2.32. The number of hydrogen-bond donors (Lipinski definition) is 0. The maximum absolute atomic E-state index is 12.9. The summed E-state index contributed by atoms with van der Waals surface area (Å²) in [6.45, 7) is 4.67. The van der Waals surface area contributed by atoms with Gasteiger partial charge in [-0.1, -0.05) is 6.07 Å². The van der Waals surface area contributed by atoms with Crippen LogP contribution in [0.25, 0.3) is 0 Å². The second-order valence-electron chi connectivity index (χ2n) is 6.34. The van der Waals surface area contributed by atoms with Crippen LogP contribution in [0.2, 0.25) is 0 Å². The van der Waals surface area contributed by atoms with Gasteiger partial charge in [-0.3, -0.25) is 4.90 Å². The Bertz CT molecular complexity index is 753. The predicted molar refractivity (Wildman–Crippen MR) is 92.1 cm³/mol. The van der Waals surface area contributed by atoms with Gasteiger partial charge in [-0.2, -0.15) is 13.2 Å². The van der Waals surface area contributed by atoms with Crippen molar-refractivity contribution in [3.8, 4) is 5.88 Å². The van der Waals surface area contributed by atoms with E-state index >= 15 is 0 Å². The third-order valence-corrected chi connectivity index (χ3v) is 4.52. The van der Waals surface area contributed by atoms with Crippen LogP contribution in [-0.2, 0) is 12.7 Å². The van der Waals surface area contributed by atoms with Gasteiger partial charge in [-0.15, -0.1) is 0 Å². The van der Waals surface area contributed by atoms with Gasteiger partial charge in [0.1, 0.15) is 5.82 Å². The lowest BCUT2D eigenvalue weighted by molar-refractivity contribution is -0.137. The summed E-state index contributed by atoms with van der Waals surface area (Å²) in [5.74, 6) is 0.938. The van der Waals surface area contributed by atoms with Crippen molar-refractivity contribution in [2.24, 2.45) is 0 Å². The number of nitrogens with zero attached hydrogens (tertiary/aromatic N) is 4. The van der Waals surface area contributed by atoms with E-state index < -0.39 is 11.7 Å². The third kappa shape index (κ3) is 4.24. The van der Waals surface area contributed by atoms with Crippen molar-refractivity contribution in [3.63, 3.8) is 0 Å². The molecule has 0 saturated carbocycles. The molecule has 1 aliphatic rings. The largest absolute Gasteiger partial charge is 0.481 e. The molecule has 1 aliphatic heterocycles. The highest BCUT2D eigenvalue weighted by molar-refractivity contribution is 5.42. The molecule has 140 valence electrons. The molecule has 0 spiro atoms. The van der Waals surface area contributed by atoms with E-state index in [9.17, 15) is 13.2 Å². The van der Waals surface area contributed by atoms with Crippen molar-refractivity contribution in [1.29, 1.82) is 0 Å². The monoisotopic (exact) mass is 366 g/mol. The zero-order chi connectivity index (χ0) is 18.7. The fraction of sp³-hybridized carbons (Fsp3) is 0.444. The number of pyridine rings is 2. The summed E-state index contributed by atoms with van der Waals surface area (Å²) in [5, 5.41) is 0. The van der Waals surface area contributed by atoms with E-state index in [-0.39, 0.29) is 6.04 Å². The molecular weight excluding hydrogens is 345 g/mol. The molecule has 3 heterocycles. The van der Waals surface area contributed by atoms with Crippen LogP contribution in [0.1, 0.15) is 18.2 Å². The first kappa shape index (κ1) is 18.4. The maximum Gasteiger partial charge on any atom is 0.416 e.